The van der Waals surface area contributed by atoms with Gasteiger partial charge in [0.1, 0.15) is 22.9 Å². The van der Waals surface area contributed by atoms with Crippen LogP contribution in [0.1, 0.15) is 38.5 Å². The van der Waals surface area contributed by atoms with Crippen molar-refractivity contribution >= 4 is 33.1 Å². The summed E-state index contributed by atoms with van der Waals surface area (Å²) in [6.45, 7) is 2.15. The number of aliphatic hydroxyl groups excluding tert-OH is 1. The molecule has 3 N–H and O–H groups in total. The highest BCUT2D eigenvalue weighted by Crippen LogP contribution is 2.34. The second-order valence-corrected chi connectivity index (χ2v) is 10.8. The molecule has 33 heavy (non-hydrogen) atoms. The summed E-state index contributed by atoms with van der Waals surface area (Å²) in [5.74, 6) is -0.344. The Labute approximate surface area is 198 Å². The largest absolute Gasteiger partial charge is 0.396 e. The van der Waals surface area contributed by atoms with E-state index < -0.39 is 20.7 Å². The summed E-state index contributed by atoms with van der Waals surface area (Å²) < 4.78 is 42.5. The van der Waals surface area contributed by atoms with Gasteiger partial charge in [-0.25, -0.2) is 22.8 Å². The van der Waals surface area contributed by atoms with Gasteiger partial charge in [0.05, 0.1) is 10.7 Å². The number of halogens is 2. The maximum atomic E-state index is 14.9. The second kappa shape index (κ2) is 10.5. The van der Waals surface area contributed by atoms with Crippen molar-refractivity contribution in [3.05, 3.63) is 41.6 Å². The first kappa shape index (κ1) is 24.1. The third-order valence-electron chi connectivity index (χ3n) is 6.53. The summed E-state index contributed by atoms with van der Waals surface area (Å²) in [6, 6.07) is 4.05. The number of hydrogen-bond donors (Lipinski definition) is 3. The van der Waals surface area contributed by atoms with Gasteiger partial charge in [-0.3, -0.25) is 9.62 Å². The lowest BCUT2D eigenvalue weighted by atomic mass is 9.89. The van der Waals surface area contributed by atoms with E-state index in [2.05, 4.69) is 24.9 Å². The van der Waals surface area contributed by atoms with Gasteiger partial charge in [0.15, 0.2) is 0 Å². The molecule has 1 aromatic heterocycles. The fourth-order valence-corrected chi connectivity index (χ4v) is 6.26. The highest BCUT2D eigenvalue weighted by Gasteiger charge is 2.35. The van der Waals surface area contributed by atoms with Gasteiger partial charge in [-0.05, 0) is 56.3 Å². The number of rotatable bonds is 8. The Balaban J connectivity index is 1.50. The van der Waals surface area contributed by atoms with Crippen molar-refractivity contribution in [1.82, 2.24) is 14.9 Å². The highest BCUT2D eigenvalue weighted by atomic mass is 35.5. The number of aliphatic hydroxyl groups is 1. The van der Waals surface area contributed by atoms with Crippen LogP contribution in [0, 0.1) is 11.7 Å². The standard InChI is InChI=1S/C22H29ClFN5O3S/c23-16-11-21(33(31,32)28-22-5-8-25-14-26-22)17(24)12-19(16)27-18-3-1-2-4-20(18)29-9-6-15(13-29)7-10-30/h5,8,11-12,14-15,18,20,27,30H,1-4,6-7,9-10,13H2,(H,25,26,28)/t15-,18-,20-/m1/s1. The minimum Gasteiger partial charge on any atom is -0.396 e. The van der Waals surface area contributed by atoms with E-state index in [1.165, 1.54) is 18.6 Å². The second-order valence-electron chi connectivity index (χ2n) is 8.73. The molecule has 0 spiro atoms. The molecule has 0 unspecified atom stereocenters. The van der Waals surface area contributed by atoms with Crippen molar-refractivity contribution < 1.29 is 17.9 Å². The van der Waals surface area contributed by atoms with Crippen LogP contribution in [-0.2, 0) is 10.0 Å². The van der Waals surface area contributed by atoms with E-state index in [0.29, 0.717) is 17.6 Å². The molecule has 2 heterocycles. The number of hydrogen-bond acceptors (Lipinski definition) is 7. The van der Waals surface area contributed by atoms with E-state index in [-0.39, 0.29) is 23.5 Å². The molecule has 2 aromatic rings. The van der Waals surface area contributed by atoms with Gasteiger partial charge in [0, 0.05) is 31.4 Å². The third kappa shape index (κ3) is 5.74. The summed E-state index contributed by atoms with van der Waals surface area (Å²) in [6.07, 6.45) is 8.64. The molecule has 3 atom stereocenters. The van der Waals surface area contributed by atoms with Crippen LogP contribution in [-0.4, -0.2) is 60.2 Å². The third-order valence-corrected chi connectivity index (χ3v) is 8.21. The van der Waals surface area contributed by atoms with Crippen molar-refractivity contribution in [3.8, 4) is 0 Å². The zero-order chi connectivity index (χ0) is 23.4. The van der Waals surface area contributed by atoms with Crippen molar-refractivity contribution in [2.75, 3.05) is 29.7 Å². The van der Waals surface area contributed by atoms with E-state index in [0.717, 1.165) is 63.7 Å². The van der Waals surface area contributed by atoms with E-state index in [1.807, 2.05) is 0 Å². The number of nitrogens with one attached hydrogen (secondary N) is 2. The molecule has 2 fully saturated rings. The zero-order valence-corrected chi connectivity index (χ0v) is 19.8. The van der Waals surface area contributed by atoms with Gasteiger partial charge < -0.3 is 10.4 Å². The fourth-order valence-electron chi connectivity index (χ4n) is 4.89. The van der Waals surface area contributed by atoms with Crippen LogP contribution in [0.15, 0.2) is 35.6 Å². The number of aromatic nitrogens is 2. The van der Waals surface area contributed by atoms with Gasteiger partial charge in [0.2, 0.25) is 0 Å². The van der Waals surface area contributed by atoms with Crippen LogP contribution in [0.25, 0.3) is 0 Å². The topological polar surface area (TPSA) is 107 Å². The van der Waals surface area contributed by atoms with Crippen LogP contribution in [0.2, 0.25) is 5.02 Å². The molecular weight excluding hydrogens is 469 g/mol. The van der Waals surface area contributed by atoms with Crippen molar-refractivity contribution in [2.24, 2.45) is 5.92 Å². The van der Waals surface area contributed by atoms with Gasteiger partial charge in [-0.2, -0.15) is 0 Å². The fraction of sp³-hybridized carbons (Fsp3) is 0.545. The van der Waals surface area contributed by atoms with Crippen molar-refractivity contribution in [2.45, 2.75) is 55.5 Å². The molecular formula is C22H29ClFN5O3S. The van der Waals surface area contributed by atoms with Crippen LogP contribution >= 0.6 is 11.6 Å². The van der Waals surface area contributed by atoms with Crippen LogP contribution in [0.5, 0.6) is 0 Å². The summed E-state index contributed by atoms with van der Waals surface area (Å²) in [4.78, 5) is 9.47. The van der Waals surface area contributed by atoms with E-state index in [9.17, 15) is 17.9 Å². The molecule has 1 saturated heterocycles. The lowest BCUT2D eigenvalue weighted by Crippen LogP contribution is -2.48. The van der Waals surface area contributed by atoms with Gasteiger partial charge in [-0.1, -0.05) is 24.4 Å². The lowest BCUT2D eigenvalue weighted by Gasteiger charge is -2.39. The first-order valence-corrected chi connectivity index (χ1v) is 13.1. The molecule has 180 valence electrons. The maximum Gasteiger partial charge on any atom is 0.266 e. The first-order valence-electron chi connectivity index (χ1n) is 11.3. The summed E-state index contributed by atoms with van der Waals surface area (Å²) in [5, 5.41) is 12.8. The molecule has 0 bridgehead atoms. The molecule has 8 nitrogen and oxygen atoms in total. The molecule has 1 aliphatic carbocycles. The van der Waals surface area contributed by atoms with E-state index in [1.54, 1.807) is 0 Å². The molecule has 1 aromatic carbocycles. The Morgan fingerprint density at radius 3 is 2.82 bits per heavy atom. The summed E-state index contributed by atoms with van der Waals surface area (Å²) >= 11 is 6.41. The average Bonchev–Trinajstić information content (AvgIpc) is 3.25. The molecule has 0 radical (unpaired) electrons. The number of likely N-dealkylation sites (tertiary alicyclic amines) is 1. The Bertz CT molecular complexity index is 1060. The predicted molar refractivity (Wildman–Crippen MR) is 125 cm³/mol. The van der Waals surface area contributed by atoms with Crippen molar-refractivity contribution in [3.63, 3.8) is 0 Å². The highest BCUT2D eigenvalue weighted by molar-refractivity contribution is 7.92. The molecule has 4 rings (SSSR count). The molecule has 2 aliphatic rings. The van der Waals surface area contributed by atoms with Gasteiger partial charge in [-0.15, -0.1) is 0 Å². The minimum absolute atomic E-state index is 0.0397. The number of nitrogens with zero attached hydrogens (tertiary/aromatic N) is 3. The monoisotopic (exact) mass is 497 g/mol. The molecule has 11 heteroatoms. The smallest absolute Gasteiger partial charge is 0.266 e. The number of anilines is 2. The lowest BCUT2D eigenvalue weighted by molar-refractivity contribution is 0.166. The van der Waals surface area contributed by atoms with Gasteiger partial charge in [0.25, 0.3) is 10.0 Å². The van der Waals surface area contributed by atoms with E-state index in [4.69, 9.17) is 11.6 Å². The van der Waals surface area contributed by atoms with E-state index >= 15 is 0 Å². The zero-order valence-electron chi connectivity index (χ0n) is 18.3. The Hall–Kier alpha value is -2.01. The first-order chi connectivity index (χ1) is 15.9. The van der Waals surface area contributed by atoms with Gasteiger partial charge >= 0.3 is 0 Å². The summed E-state index contributed by atoms with van der Waals surface area (Å²) in [5.41, 5.74) is 0.387. The molecule has 0 amide bonds. The molecule has 1 saturated carbocycles. The van der Waals surface area contributed by atoms with Crippen LogP contribution in [0.3, 0.4) is 0 Å². The SMILES string of the molecule is O=S(=O)(Nc1ccncn1)c1cc(Cl)c(N[C@@H]2CCCC[C@H]2N2CC[C@H](CCO)C2)cc1F. The normalized spacial score (nSPS) is 24.0. The Morgan fingerprint density at radius 2 is 2.06 bits per heavy atom. The minimum atomic E-state index is -4.21. The average molecular weight is 498 g/mol. The number of sulfonamides is 1. The summed E-state index contributed by atoms with van der Waals surface area (Å²) in [7, 11) is -4.21. The van der Waals surface area contributed by atoms with Crippen molar-refractivity contribution in [1.29, 1.82) is 0 Å². The predicted octanol–water partition coefficient (Wildman–Crippen LogP) is 3.50. The number of benzene rings is 1. The quantitative estimate of drug-likeness (QED) is 0.512. The molecule has 1 aliphatic heterocycles. The van der Waals surface area contributed by atoms with Crippen LogP contribution < -0.4 is 10.0 Å². The maximum absolute atomic E-state index is 14.9. The van der Waals surface area contributed by atoms with Crippen LogP contribution in [0.4, 0.5) is 15.9 Å². The Morgan fingerprint density at radius 1 is 1.24 bits per heavy atom. The Kier molecular flexibility index (Phi) is 7.68.